The van der Waals surface area contributed by atoms with Crippen LogP contribution in [0.2, 0.25) is 0 Å². The minimum Gasteiger partial charge on any atom is -0.398 e. The highest BCUT2D eigenvalue weighted by Gasteiger charge is 2.10. The van der Waals surface area contributed by atoms with Crippen LogP contribution in [0, 0.1) is 0 Å². The van der Waals surface area contributed by atoms with E-state index < -0.39 is 0 Å². The van der Waals surface area contributed by atoms with Crippen LogP contribution in [0.5, 0.6) is 0 Å². The Morgan fingerprint density at radius 2 is 1.57 bits per heavy atom. The number of amides is 1. The number of hydrogen-bond donors (Lipinski definition) is 2. The molecular weight excluding hydrogens is 260 g/mol. The first-order valence-electron chi connectivity index (χ1n) is 6.85. The summed E-state index contributed by atoms with van der Waals surface area (Å²) in [7, 11) is 0. The van der Waals surface area contributed by atoms with Gasteiger partial charge in [-0.2, -0.15) is 0 Å². The number of anilines is 1. The fraction of sp³-hybridized carbons (Fsp3) is 0.0556. The maximum absolute atomic E-state index is 12.4. The second kappa shape index (κ2) is 5.67. The van der Waals surface area contributed by atoms with Crippen molar-refractivity contribution < 1.29 is 4.79 Å². The lowest BCUT2D eigenvalue weighted by molar-refractivity contribution is 0.0952. The first kappa shape index (κ1) is 13.2. The maximum Gasteiger partial charge on any atom is 0.252 e. The molecule has 0 heterocycles. The normalized spacial score (nSPS) is 10.5. The number of nitrogens with one attached hydrogen (secondary N) is 1. The predicted octanol–water partition coefficient (Wildman–Crippen LogP) is 3.35. The van der Waals surface area contributed by atoms with Crippen molar-refractivity contribution in [1.29, 1.82) is 0 Å². The Balaban J connectivity index is 1.87. The zero-order chi connectivity index (χ0) is 14.7. The Hall–Kier alpha value is -2.81. The molecule has 0 spiro atoms. The molecule has 104 valence electrons. The third-order valence-electron chi connectivity index (χ3n) is 3.50. The number of carbonyl (C=O) groups is 1. The molecule has 3 rings (SSSR count). The van der Waals surface area contributed by atoms with Crippen LogP contribution >= 0.6 is 0 Å². The molecule has 0 aliphatic carbocycles. The Morgan fingerprint density at radius 1 is 0.857 bits per heavy atom. The van der Waals surface area contributed by atoms with Gasteiger partial charge in [-0.25, -0.2) is 0 Å². The topological polar surface area (TPSA) is 55.1 Å². The molecule has 0 aliphatic rings. The van der Waals surface area contributed by atoms with Gasteiger partial charge in [0, 0.05) is 23.2 Å². The number of rotatable bonds is 3. The van der Waals surface area contributed by atoms with Crippen LogP contribution < -0.4 is 11.1 Å². The summed E-state index contributed by atoms with van der Waals surface area (Å²) >= 11 is 0. The first-order valence-corrected chi connectivity index (χ1v) is 6.85. The number of carbonyl (C=O) groups excluding carboxylic acids is 1. The van der Waals surface area contributed by atoms with Gasteiger partial charge in [0.05, 0.1) is 0 Å². The van der Waals surface area contributed by atoms with Crippen molar-refractivity contribution in [2.24, 2.45) is 0 Å². The second-order valence-corrected chi connectivity index (χ2v) is 4.92. The van der Waals surface area contributed by atoms with Crippen molar-refractivity contribution in [2.75, 3.05) is 5.73 Å². The van der Waals surface area contributed by atoms with E-state index in [0.29, 0.717) is 17.8 Å². The molecule has 3 nitrogen and oxygen atoms in total. The second-order valence-electron chi connectivity index (χ2n) is 4.92. The van der Waals surface area contributed by atoms with Gasteiger partial charge in [-0.05, 0) is 23.1 Å². The monoisotopic (exact) mass is 276 g/mol. The number of nitrogen functional groups attached to an aromatic ring is 1. The number of hydrogen-bond acceptors (Lipinski definition) is 2. The van der Waals surface area contributed by atoms with Crippen molar-refractivity contribution in [3.05, 3.63) is 77.9 Å². The number of fused-ring (bicyclic) bond motifs is 1. The van der Waals surface area contributed by atoms with E-state index >= 15 is 0 Å². The van der Waals surface area contributed by atoms with Crippen molar-refractivity contribution in [3.8, 4) is 0 Å². The van der Waals surface area contributed by atoms with Gasteiger partial charge in [-0.1, -0.05) is 54.6 Å². The fourth-order valence-electron chi connectivity index (χ4n) is 2.41. The molecule has 3 aromatic carbocycles. The summed E-state index contributed by atoms with van der Waals surface area (Å²) in [6, 6.07) is 21.1. The molecule has 1 amide bonds. The maximum atomic E-state index is 12.4. The van der Waals surface area contributed by atoms with E-state index in [1.54, 1.807) is 0 Å². The Kier molecular flexibility index (Phi) is 3.56. The largest absolute Gasteiger partial charge is 0.398 e. The highest BCUT2D eigenvalue weighted by molar-refractivity contribution is 6.09. The molecule has 0 aromatic heterocycles. The van der Waals surface area contributed by atoms with Crippen LogP contribution in [0.1, 0.15) is 15.9 Å². The lowest BCUT2D eigenvalue weighted by Gasteiger charge is -2.09. The van der Waals surface area contributed by atoms with Crippen molar-refractivity contribution >= 4 is 22.4 Å². The zero-order valence-corrected chi connectivity index (χ0v) is 11.5. The van der Waals surface area contributed by atoms with Gasteiger partial charge in [0.15, 0.2) is 0 Å². The number of nitrogens with two attached hydrogens (primary N) is 1. The van der Waals surface area contributed by atoms with E-state index in [4.69, 9.17) is 5.73 Å². The molecule has 0 atom stereocenters. The molecule has 0 unspecified atom stereocenters. The van der Waals surface area contributed by atoms with Gasteiger partial charge in [-0.15, -0.1) is 0 Å². The molecule has 3 heteroatoms. The zero-order valence-electron chi connectivity index (χ0n) is 11.5. The van der Waals surface area contributed by atoms with Gasteiger partial charge < -0.3 is 11.1 Å². The fourth-order valence-corrected chi connectivity index (χ4v) is 2.41. The van der Waals surface area contributed by atoms with Crippen molar-refractivity contribution in [3.63, 3.8) is 0 Å². The van der Waals surface area contributed by atoms with Crippen LogP contribution in [0.25, 0.3) is 10.8 Å². The Morgan fingerprint density at radius 3 is 2.38 bits per heavy atom. The molecule has 3 aromatic rings. The van der Waals surface area contributed by atoms with Crippen LogP contribution in [0.15, 0.2) is 66.7 Å². The van der Waals surface area contributed by atoms with Crippen molar-refractivity contribution in [1.82, 2.24) is 5.32 Å². The van der Waals surface area contributed by atoms with Gasteiger partial charge in [-0.3, -0.25) is 4.79 Å². The van der Waals surface area contributed by atoms with Gasteiger partial charge in [0.1, 0.15) is 0 Å². The molecule has 3 N–H and O–H groups in total. The molecule has 0 saturated heterocycles. The molecule has 0 fully saturated rings. The Bertz CT molecular complexity index is 782. The van der Waals surface area contributed by atoms with Crippen LogP contribution in [-0.2, 0) is 6.54 Å². The molecular formula is C18H16N2O. The molecule has 0 bridgehead atoms. The van der Waals surface area contributed by atoms with Gasteiger partial charge >= 0.3 is 0 Å². The third kappa shape index (κ3) is 2.72. The van der Waals surface area contributed by atoms with Crippen LogP contribution in [0.3, 0.4) is 0 Å². The van der Waals surface area contributed by atoms with Crippen LogP contribution in [0.4, 0.5) is 5.69 Å². The summed E-state index contributed by atoms with van der Waals surface area (Å²) in [4.78, 5) is 12.4. The third-order valence-corrected chi connectivity index (χ3v) is 3.50. The Labute approximate surface area is 123 Å². The minimum atomic E-state index is -0.0879. The smallest absolute Gasteiger partial charge is 0.252 e. The van der Waals surface area contributed by atoms with E-state index in [2.05, 4.69) is 5.32 Å². The summed E-state index contributed by atoms with van der Waals surface area (Å²) in [5, 5.41) is 4.73. The summed E-state index contributed by atoms with van der Waals surface area (Å²) in [5.41, 5.74) is 8.37. The predicted molar refractivity (Wildman–Crippen MR) is 86.0 cm³/mol. The lowest BCUT2D eigenvalue weighted by Crippen LogP contribution is -2.23. The van der Waals surface area contributed by atoms with Crippen LogP contribution in [-0.4, -0.2) is 5.91 Å². The highest BCUT2D eigenvalue weighted by Crippen LogP contribution is 2.24. The van der Waals surface area contributed by atoms with Crippen molar-refractivity contribution in [2.45, 2.75) is 6.54 Å². The van der Waals surface area contributed by atoms with E-state index in [1.165, 1.54) is 0 Å². The van der Waals surface area contributed by atoms with E-state index in [0.717, 1.165) is 16.3 Å². The molecule has 0 radical (unpaired) electrons. The average molecular weight is 276 g/mol. The number of benzene rings is 3. The summed E-state index contributed by atoms with van der Waals surface area (Å²) < 4.78 is 0. The summed E-state index contributed by atoms with van der Waals surface area (Å²) in [6.07, 6.45) is 0. The minimum absolute atomic E-state index is 0.0879. The highest BCUT2D eigenvalue weighted by atomic mass is 16.1. The lowest BCUT2D eigenvalue weighted by atomic mass is 10.0. The standard InChI is InChI=1S/C18H16N2O/c19-17-11-5-8-14-15(17)9-4-10-16(14)18(21)20-12-13-6-2-1-3-7-13/h1-11H,12,19H2,(H,20,21). The van der Waals surface area contributed by atoms with Gasteiger partial charge in [0.25, 0.3) is 5.91 Å². The van der Waals surface area contributed by atoms with E-state index in [9.17, 15) is 4.79 Å². The molecule has 0 saturated carbocycles. The summed E-state index contributed by atoms with van der Waals surface area (Å²) in [6.45, 7) is 0.512. The van der Waals surface area contributed by atoms with Gasteiger partial charge in [0.2, 0.25) is 0 Å². The van der Waals surface area contributed by atoms with E-state index in [1.807, 2.05) is 66.7 Å². The van der Waals surface area contributed by atoms with E-state index in [-0.39, 0.29) is 5.91 Å². The average Bonchev–Trinajstić information content (AvgIpc) is 2.53. The summed E-state index contributed by atoms with van der Waals surface area (Å²) in [5.74, 6) is -0.0879. The molecule has 0 aliphatic heterocycles. The quantitative estimate of drug-likeness (QED) is 0.721. The first-order chi connectivity index (χ1) is 10.3. The molecule has 21 heavy (non-hydrogen) atoms. The SMILES string of the molecule is Nc1cccc2c(C(=O)NCc3ccccc3)cccc12.